The molecular formula is C13H18O3. The minimum Gasteiger partial charge on any atom is -0.508 e. The summed E-state index contributed by atoms with van der Waals surface area (Å²) in [4.78, 5) is 11.3. The molecule has 0 bridgehead atoms. The third-order valence-corrected chi connectivity index (χ3v) is 2.36. The number of rotatable bonds is 6. The second-order valence-electron chi connectivity index (χ2n) is 3.75. The number of unbranched alkanes of at least 4 members (excludes halogenated alkanes) is 2. The van der Waals surface area contributed by atoms with Gasteiger partial charge in [-0.05, 0) is 12.5 Å². The summed E-state index contributed by atoms with van der Waals surface area (Å²) in [5, 5.41) is 9.45. The molecular weight excluding hydrogens is 204 g/mol. The topological polar surface area (TPSA) is 46.5 Å². The van der Waals surface area contributed by atoms with Crippen LogP contribution in [0.15, 0.2) is 24.3 Å². The third-order valence-electron chi connectivity index (χ3n) is 2.36. The van der Waals surface area contributed by atoms with E-state index in [0.717, 1.165) is 19.3 Å². The Morgan fingerprint density at radius 3 is 2.75 bits per heavy atom. The second kappa shape index (κ2) is 6.88. The fraction of sp³-hybridized carbons (Fsp3) is 0.462. The fourth-order valence-electron chi connectivity index (χ4n) is 1.38. The highest BCUT2D eigenvalue weighted by Crippen LogP contribution is 2.16. The molecule has 0 aromatic heterocycles. The molecule has 0 saturated carbocycles. The molecule has 0 spiro atoms. The quantitative estimate of drug-likeness (QED) is 0.594. The van der Waals surface area contributed by atoms with Crippen LogP contribution in [0.4, 0.5) is 0 Å². The first kappa shape index (κ1) is 12.6. The van der Waals surface area contributed by atoms with Crippen molar-refractivity contribution in [2.45, 2.75) is 39.2 Å². The van der Waals surface area contributed by atoms with E-state index in [-0.39, 0.29) is 18.3 Å². The third kappa shape index (κ3) is 4.34. The van der Waals surface area contributed by atoms with E-state index in [1.54, 1.807) is 24.3 Å². The second-order valence-corrected chi connectivity index (χ2v) is 3.75. The zero-order valence-corrected chi connectivity index (χ0v) is 9.61. The Morgan fingerprint density at radius 1 is 1.31 bits per heavy atom. The van der Waals surface area contributed by atoms with Gasteiger partial charge in [0.05, 0.1) is 0 Å². The molecule has 0 unspecified atom stereocenters. The Hall–Kier alpha value is -1.51. The minimum absolute atomic E-state index is 0.150. The molecule has 0 heterocycles. The molecule has 0 saturated heterocycles. The van der Waals surface area contributed by atoms with Gasteiger partial charge in [-0.25, -0.2) is 0 Å². The van der Waals surface area contributed by atoms with Gasteiger partial charge in [-0.2, -0.15) is 0 Å². The maximum Gasteiger partial charge on any atom is 0.306 e. The predicted molar refractivity (Wildman–Crippen MR) is 62.0 cm³/mol. The van der Waals surface area contributed by atoms with Gasteiger partial charge >= 0.3 is 5.97 Å². The largest absolute Gasteiger partial charge is 0.508 e. The highest BCUT2D eigenvalue weighted by Gasteiger charge is 2.05. The van der Waals surface area contributed by atoms with E-state index in [1.165, 1.54) is 0 Å². The molecule has 0 fully saturated rings. The van der Waals surface area contributed by atoms with Crippen LogP contribution >= 0.6 is 0 Å². The van der Waals surface area contributed by atoms with E-state index in [0.29, 0.717) is 12.0 Å². The maximum atomic E-state index is 11.3. The van der Waals surface area contributed by atoms with Gasteiger partial charge in [-0.1, -0.05) is 38.0 Å². The number of phenolic OH excluding ortho intramolecular Hbond substituents is 1. The van der Waals surface area contributed by atoms with Crippen LogP contribution in [0.1, 0.15) is 38.2 Å². The molecule has 0 radical (unpaired) electrons. The molecule has 0 aliphatic carbocycles. The van der Waals surface area contributed by atoms with E-state index in [9.17, 15) is 9.90 Å². The van der Waals surface area contributed by atoms with Gasteiger partial charge in [-0.3, -0.25) is 4.79 Å². The molecule has 1 aromatic carbocycles. The van der Waals surface area contributed by atoms with Gasteiger partial charge in [0.2, 0.25) is 0 Å². The number of para-hydroxylation sites is 1. The van der Waals surface area contributed by atoms with Crippen LogP contribution in [0, 0.1) is 0 Å². The average molecular weight is 222 g/mol. The number of benzene rings is 1. The van der Waals surface area contributed by atoms with Crippen molar-refractivity contribution in [3.8, 4) is 5.75 Å². The number of hydrogen-bond donors (Lipinski definition) is 1. The molecule has 0 aliphatic rings. The van der Waals surface area contributed by atoms with Gasteiger partial charge in [-0.15, -0.1) is 0 Å². The van der Waals surface area contributed by atoms with Crippen molar-refractivity contribution in [2.24, 2.45) is 0 Å². The van der Waals surface area contributed by atoms with Crippen molar-refractivity contribution in [1.82, 2.24) is 0 Å². The van der Waals surface area contributed by atoms with Gasteiger partial charge in [0.25, 0.3) is 0 Å². The summed E-state index contributed by atoms with van der Waals surface area (Å²) >= 11 is 0. The van der Waals surface area contributed by atoms with Gasteiger partial charge in [0.15, 0.2) is 0 Å². The summed E-state index contributed by atoms with van der Waals surface area (Å²) in [5.74, 6) is -0.0273. The first-order valence-electron chi connectivity index (χ1n) is 5.66. The van der Waals surface area contributed by atoms with Crippen LogP contribution in [0.2, 0.25) is 0 Å². The normalized spacial score (nSPS) is 10.1. The number of carbonyl (C=O) groups excluding carboxylic acids is 1. The van der Waals surface area contributed by atoms with Crippen LogP contribution in [0.5, 0.6) is 5.75 Å². The predicted octanol–water partition coefficient (Wildman–Crippen LogP) is 3.02. The highest BCUT2D eigenvalue weighted by atomic mass is 16.5. The Kier molecular flexibility index (Phi) is 5.40. The summed E-state index contributed by atoms with van der Waals surface area (Å²) in [6.45, 7) is 2.24. The average Bonchev–Trinajstić information content (AvgIpc) is 2.28. The molecule has 1 N–H and O–H groups in total. The van der Waals surface area contributed by atoms with Crippen molar-refractivity contribution in [3.63, 3.8) is 0 Å². The number of phenols is 1. The lowest BCUT2D eigenvalue weighted by Gasteiger charge is -2.06. The van der Waals surface area contributed by atoms with E-state index in [2.05, 4.69) is 6.92 Å². The summed E-state index contributed by atoms with van der Waals surface area (Å²) in [6, 6.07) is 6.87. The van der Waals surface area contributed by atoms with Crippen LogP contribution in [0.3, 0.4) is 0 Å². The van der Waals surface area contributed by atoms with Crippen molar-refractivity contribution >= 4 is 5.97 Å². The molecule has 3 nitrogen and oxygen atoms in total. The molecule has 3 heteroatoms. The number of ether oxygens (including phenoxy) is 1. The standard InChI is InChI=1S/C13H18O3/c1-2-3-4-9-13(15)16-10-11-7-5-6-8-12(11)14/h5-8,14H,2-4,9-10H2,1H3. The Bertz CT molecular complexity index is 334. The minimum atomic E-state index is -0.197. The monoisotopic (exact) mass is 222 g/mol. The first-order valence-corrected chi connectivity index (χ1v) is 5.66. The van der Waals surface area contributed by atoms with Gasteiger partial charge in [0, 0.05) is 12.0 Å². The van der Waals surface area contributed by atoms with E-state index >= 15 is 0 Å². The van der Waals surface area contributed by atoms with Crippen molar-refractivity contribution in [1.29, 1.82) is 0 Å². The van der Waals surface area contributed by atoms with Crippen LogP contribution in [-0.4, -0.2) is 11.1 Å². The lowest BCUT2D eigenvalue weighted by atomic mass is 10.2. The lowest BCUT2D eigenvalue weighted by Crippen LogP contribution is -2.04. The van der Waals surface area contributed by atoms with E-state index < -0.39 is 0 Å². The SMILES string of the molecule is CCCCCC(=O)OCc1ccccc1O. The number of esters is 1. The highest BCUT2D eigenvalue weighted by molar-refractivity contribution is 5.69. The zero-order valence-electron chi connectivity index (χ0n) is 9.61. The Labute approximate surface area is 96.1 Å². The van der Waals surface area contributed by atoms with Gasteiger partial charge in [0.1, 0.15) is 12.4 Å². The molecule has 0 amide bonds. The van der Waals surface area contributed by atoms with Gasteiger partial charge < -0.3 is 9.84 Å². The first-order chi connectivity index (χ1) is 7.74. The lowest BCUT2D eigenvalue weighted by molar-refractivity contribution is -0.145. The number of hydrogen-bond acceptors (Lipinski definition) is 3. The van der Waals surface area contributed by atoms with E-state index in [1.807, 2.05) is 0 Å². The Morgan fingerprint density at radius 2 is 2.06 bits per heavy atom. The molecule has 1 aromatic rings. The van der Waals surface area contributed by atoms with Crippen LogP contribution in [-0.2, 0) is 16.1 Å². The number of carbonyl (C=O) groups is 1. The van der Waals surface area contributed by atoms with E-state index in [4.69, 9.17) is 4.74 Å². The van der Waals surface area contributed by atoms with Crippen LogP contribution in [0.25, 0.3) is 0 Å². The molecule has 88 valence electrons. The summed E-state index contributed by atoms with van der Waals surface area (Å²) in [7, 11) is 0. The number of aromatic hydroxyl groups is 1. The summed E-state index contributed by atoms with van der Waals surface area (Å²) in [6.07, 6.45) is 3.47. The summed E-state index contributed by atoms with van der Waals surface area (Å²) in [5.41, 5.74) is 0.645. The van der Waals surface area contributed by atoms with Crippen LogP contribution < -0.4 is 0 Å². The fourth-order valence-corrected chi connectivity index (χ4v) is 1.38. The molecule has 1 rings (SSSR count). The molecule has 0 atom stereocenters. The smallest absolute Gasteiger partial charge is 0.306 e. The maximum absolute atomic E-state index is 11.3. The Balaban J connectivity index is 2.29. The molecule has 16 heavy (non-hydrogen) atoms. The van der Waals surface area contributed by atoms with Crippen molar-refractivity contribution < 1.29 is 14.6 Å². The zero-order chi connectivity index (χ0) is 11.8. The summed E-state index contributed by atoms with van der Waals surface area (Å²) < 4.78 is 5.06. The molecule has 0 aliphatic heterocycles. The van der Waals surface area contributed by atoms with Crippen molar-refractivity contribution in [3.05, 3.63) is 29.8 Å². The van der Waals surface area contributed by atoms with Crippen molar-refractivity contribution in [2.75, 3.05) is 0 Å².